The van der Waals surface area contributed by atoms with Crippen molar-refractivity contribution in [1.29, 1.82) is 0 Å². The maximum atomic E-state index is 14.7. The summed E-state index contributed by atoms with van der Waals surface area (Å²) in [5.41, 5.74) is 2.99. The minimum absolute atomic E-state index is 0.00705. The Balaban J connectivity index is 1.56. The van der Waals surface area contributed by atoms with E-state index in [1.54, 1.807) is 41.3 Å². The van der Waals surface area contributed by atoms with Crippen LogP contribution in [-0.4, -0.2) is 50.9 Å². The Bertz CT molecular complexity index is 1780. The highest BCUT2D eigenvalue weighted by molar-refractivity contribution is 7.92. The lowest BCUT2D eigenvalue weighted by molar-refractivity contribution is -0.140. The number of nitrogens with zero attached hydrogens (tertiary/aromatic N) is 2. The number of hydrogen-bond donors (Lipinski definition) is 1. The lowest BCUT2D eigenvalue weighted by Crippen LogP contribution is -2.55. The average molecular weight is 688 g/mol. The van der Waals surface area contributed by atoms with Crippen LogP contribution in [-0.2, 0) is 32.6 Å². The fourth-order valence-electron chi connectivity index (χ4n) is 6.08. The van der Waals surface area contributed by atoms with Gasteiger partial charge >= 0.3 is 0 Å². The third-order valence-electron chi connectivity index (χ3n) is 8.87. The van der Waals surface area contributed by atoms with Gasteiger partial charge in [-0.3, -0.25) is 13.9 Å². The maximum Gasteiger partial charge on any atom is 0.264 e. The number of carbonyl (C=O) groups is 2. The van der Waals surface area contributed by atoms with Gasteiger partial charge in [0.05, 0.1) is 17.7 Å². The summed E-state index contributed by atoms with van der Waals surface area (Å²) >= 11 is 6.17. The first-order valence-corrected chi connectivity index (χ1v) is 18.1. The molecule has 0 aliphatic heterocycles. The van der Waals surface area contributed by atoms with Gasteiger partial charge in [0.2, 0.25) is 11.8 Å². The van der Waals surface area contributed by atoms with Crippen molar-refractivity contribution in [3.05, 3.63) is 125 Å². The second kappa shape index (κ2) is 16.2. The van der Waals surface area contributed by atoms with Gasteiger partial charge in [-0.15, -0.1) is 0 Å². The smallest absolute Gasteiger partial charge is 0.264 e. The van der Waals surface area contributed by atoms with Gasteiger partial charge in [0.1, 0.15) is 18.3 Å². The van der Waals surface area contributed by atoms with E-state index in [0.717, 1.165) is 53.1 Å². The molecule has 0 saturated heterocycles. The maximum absolute atomic E-state index is 14.7. The average Bonchev–Trinajstić information content (AvgIpc) is 3.10. The first-order valence-electron chi connectivity index (χ1n) is 16.3. The second-order valence-corrected chi connectivity index (χ2v) is 14.5. The van der Waals surface area contributed by atoms with Gasteiger partial charge in [0.25, 0.3) is 10.0 Å². The molecule has 4 aromatic carbocycles. The van der Waals surface area contributed by atoms with Crippen LogP contribution in [0.4, 0.5) is 5.69 Å². The monoisotopic (exact) mass is 687 g/mol. The predicted octanol–water partition coefficient (Wildman–Crippen LogP) is 6.94. The first-order chi connectivity index (χ1) is 23.2. The molecule has 8 nitrogen and oxygen atoms in total. The number of hydrogen-bond acceptors (Lipinski definition) is 5. The number of benzene rings is 4. The van der Waals surface area contributed by atoms with E-state index >= 15 is 0 Å². The minimum Gasteiger partial charge on any atom is -0.497 e. The van der Waals surface area contributed by atoms with Crippen molar-refractivity contribution in [3.63, 3.8) is 0 Å². The standard InChI is InChI=1S/C38H42ClN3O5S/c1-28-11-9-10-14-30(28)26-41(36(25-29-12-5-3-6-13-29)38(44)40-32-15-7-4-8-16-32)37(43)27-42(33-19-17-31(39)18-20-33)48(45,46)35-23-21-34(47-2)22-24-35/h3,5-6,9-14,17-24,32,36H,4,7-8,15-16,25-27H2,1-2H3,(H,40,44)/t36-/m0/s1. The summed E-state index contributed by atoms with van der Waals surface area (Å²) in [7, 11) is -2.74. The number of amides is 2. The number of rotatable bonds is 13. The van der Waals surface area contributed by atoms with Gasteiger partial charge in [-0.1, -0.05) is 85.5 Å². The molecule has 1 aliphatic carbocycles. The first kappa shape index (κ1) is 35.0. The molecule has 1 aliphatic rings. The number of anilines is 1. The van der Waals surface area contributed by atoms with Crippen LogP contribution >= 0.6 is 11.6 Å². The van der Waals surface area contributed by atoms with Crippen molar-refractivity contribution in [2.45, 2.75) is 69.0 Å². The normalized spacial score (nSPS) is 14.1. The predicted molar refractivity (Wildman–Crippen MR) is 190 cm³/mol. The fraction of sp³-hybridized carbons (Fsp3) is 0.316. The molecular weight excluding hydrogens is 646 g/mol. The fourth-order valence-corrected chi connectivity index (χ4v) is 7.62. The zero-order chi connectivity index (χ0) is 34.1. The van der Waals surface area contributed by atoms with E-state index in [2.05, 4.69) is 5.32 Å². The van der Waals surface area contributed by atoms with Gasteiger partial charge in [0.15, 0.2) is 0 Å². The van der Waals surface area contributed by atoms with Crippen LogP contribution in [0.15, 0.2) is 108 Å². The van der Waals surface area contributed by atoms with Gasteiger partial charge in [-0.25, -0.2) is 8.42 Å². The molecule has 1 N–H and O–H groups in total. The summed E-state index contributed by atoms with van der Waals surface area (Å²) in [6.45, 7) is 1.54. The molecule has 48 heavy (non-hydrogen) atoms. The minimum atomic E-state index is -4.24. The highest BCUT2D eigenvalue weighted by atomic mass is 35.5. The van der Waals surface area contributed by atoms with E-state index < -0.39 is 28.5 Å². The van der Waals surface area contributed by atoms with Crippen LogP contribution in [0.25, 0.3) is 0 Å². The van der Waals surface area contributed by atoms with Crippen LogP contribution in [0.5, 0.6) is 5.75 Å². The van der Waals surface area contributed by atoms with Gasteiger partial charge in [-0.05, 0) is 85.0 Å². The number of methoxy groups -OCH3 is 1. The SMILES string of the molecule is COc1ccc(S(=O)(=O)N(CC(=O)N(Cc2ccccc2C)[C@@H](Cc2ccccc2)C(=O)NC2CCCCC2)c2ccc(Cl)cc2)cc1. The van der Waals surface area contributed by atoms with E-state index in [4.69, 9.17) is 16.3 Å². The van der Waals surface area contributed by atoms with Crippen molar-refractivity contribution >= 4 is 39.1 Å². The molecule has 1 fully saturated rings. The lowest BCUT2D eigenvalue weighted by atomic mass is 9.94. The van der Waals surface area contributed by atoms with Crippen LogP contribution in [0, 0.1) is 6.92 Å². The molecule has 1 atom stereocenters. The molecule has 5 rings (SSSR count). The lowest BCUT2D eigenvalue weighted by Gasteiger charge is -2.35. The Hall–Kier alpha value is -4.34. The number of nitrogens with one attached hydrogen (secondary N) is 1. The van der Waals surface area contributed by atoms with Gasteiger partial charge in [0, 0.05) is 24.0 Å². The summed E-state index contributed by atoms with van der Waals surface area (Å²) in [5.74, 6) is -0.256. The molecule has 0 bridgehead atoms. The third-order valence-corrected chi connectivity index (χ3v) is 10.9. The highest BCUT2D eigenvalue weighted by Gasteiger charge is 2.35. The van der Waals surface area contributed by atoms with Crippen LogP contribution < -0.4 is 14.4 Å². The molecule has 0 spiro atoms. The molecule has 0 unspecified atom stereocenters. The summed E-state index contributed by atoms with van der Waals surface area (Å²) in [4.78, 5) is 30.5. The molecule has 0 aromatic heterocycles. The second-order valence-electron chi connectivity index (χ2n) is 12.2. The zero-order valence-electron chi connectivity index (χ0n) is 27.3. The number of carbonyl (C=O) groups excluding carboxylic acids is 2. The van der Waals surface area contributed by atoms with Crippen LogP contribution in [0.1, 0.15) is 48.8 Å². The Morgan fingerprint density at radius 1 is 0.875 bits per heavy atom. The Labute approximate surface area is 288 Å². The summed E-state index contributed by atoms with van der Waals surface area (Å²) in [6, 6.07) is 28.8. The van der Waals surface area contributed by atoms with Crippen molar-refractivity contribution in [3.8, 4) is 5.75 Å². The molecule has 2 amide bonds. The van der Waals surface area contributed by atoms with E-state index in [-0.39, 0.29) is 35.5 Å². The summed E-state index contributed by atoms with van der Waals surface area (Å²) in [6.07, 6.45) is 5.27. The summed E-state index contributed by atoms with van der Waals surface area (Å²) in [5, 5.41) is 3.67. The third kappa shape index (κ3) is 8.76. The van der Waals surface area contributed by atoms with Crippen molar-refractivity contribution in [1.82, 2.24) is 10.2 Å². The summed E-state index contributed by atoms with van der Waals surface area (Å²) < 4.78 is 34.8. The number of aryl methyl sites for hydroxylation is 1. The topological polar surface area (TPSA) is 96.0 Å². The van der Waals surface area contributed by atoms with Crippen LogP contribution in [0.2, 0.25) is 5.02 Å². The number of halogens is 1. The molecule has 252 valence electrons. The molecule has 4 aromatic rings. The zero-order valence-corrected chi connectivity index (χ0v) is 28.9. The van der Waals surface area contributed by atoms with Gasteiger partial charge in [-0.2, -0.15) is 0 Å². The molecular formula is C38H42ClN3O5S. The Morgan fingerprint density at radius 3 is 2.17 bits per heavy atom. The number of ether oxygens (including phenoxy) is 1. The van der Waals surface area contributed by atoms with Crippen molar-refractivity contribution < 1.29 is 22.7 Å². The van der Waals surface area contributed by atoms with Gasteiger partial charge < -0.3 is 15.0 Å². The Kier molecular flexibility index (Phi) is 11.8. The van der Waals surface area contributed by atoms with Crippen molar-refractivity contribution in [2.75, 3.05) is 18.0 Å². The largest absolute Gasteiger partial charge is 0.497 e. The van der Waals surface area contributed by atoms with Crippen molar-refractivity contribution in [2.24, 2.45) is 0 Å². The number of sulfonamides is 1. The Morgan fingerprint density at radius 2 is 1.52 bits per heavy atom. The molecule has 1 saturated carbocycles. The van der Waals surface area contributed by atoms with E-state index in [1.807, 2.05) is 61.5 Å². The van der Waals surface area contributed by atoms with E-state index in [9.17, 15) is 18.0 Å². The molecule has 0 heterocycles. The quantitative estimate of drug-likeness (QED) is 0.164. The van der Waals surface area contributed by atoms with E-state index in [1.165, 1.54) is 19.2 Å². The highest BCUT2D eigenvalue weighted by Crippen LogP contribution is 2.28. The van der Waals surface area contributed by atoms with E-state index in [0.29, 0.717) is 10.8 Å². The molecule has 0 radical (unpaired) electrons. The van der Waals surface area contributed by atoms with Crippen LogP contribution in [0.3, 0.4) is 0 Å². The molecule has 10 heteroatoms.